The second-order valence-corrected chi connectivity index (χ2v) is 11.1. The van der Waals surface area contributed by atoms with E-state index in [1.165, 1.54) is 51.8 Å². The Hall–Kier alpha value is -2.12. The van der Waals surface area contributed by atoms with Gasteiger partial charge in [0.2, 0.25) is 0 Å². The van der Waals surface area contributed by atoms with Crippen molar-refractivity contribution >= 4 is 0 Å². The molecule has 43 heavy (non-hydrogen) atoms. The molecule has 1 aromatic carbocycles. The van der Waals surface area contributed by atoms with Gasteiger partial charge < -0.3 is 4.74 Å². The lowest BCUT2D eigenvalue weighted by molar-refractivity contribution is -0.00660. The van der Waals surface area contributed by atoms with Crippen molar-refractivity contribution in [2.45, 2.75) is 163 Å². The zero-order valence-corrected chi connectivity index (χ0v) is 33.3. The third-order valence-corrected chi connectivity index (χ3v) is 6.89. The first-order valence-corrected chi connectivity index (χ1v) is 16.8. The molecular weight excluding hydrogens is 520 g/mol. The minimum Gasteiger partial charge on any atom is -0.374 e. The van der Waals surface area contributed by atoms with Crippen LogP contribution < -0.4 is 0 Å². The molecule has 0 saturated heterocycles. The highest BCUT2D eigenvalue weighted by atomic mass is 16.5. The molecule has 1 atom stereocenters. The van der Waals surface area contributed by atoms with Crippen molar-refractivity contribution < 1.29 is 4.74 Å². The van der Waals surface area contributed by atoms with Gasteiger partial charge in [0.15, 0.2) is 0 Å². The maximum absolute atomic E-state index is 5.65. The zero-order valence-electron chi connectivity index (χ0n) is 33.3. The summed E-state index contributed by atoms with van der Waals surface area (Å²) in [6, 6.07) is 8.45. The average molecular weight is 601 g/mol. The first-order valence-electron chi connectivity index (χ1n) is 16.8. The summed E-state index contributed by atoms with van der Waals surface area (Å²) in [6.45, 7) is 50.9. The molecule has 254 valence electrons. The Morgan fingerprint density at radius 2 is 1.16 bits per heavy atom. The summed E-state index contributed by atoms with van der Waals surface area (Å²) in [6.07, 6.45) is 6.59. The van der Waals surface area contributed by atoms with E-state index in [0.29, 0.717) is 5.92 Å². The van der Waals surface area contributed by atoms with Crippen LogP contribution in [0, 0.1) is 12.8 Å². The number of methoxy groups -OCH3 is 1. The highest BCUT2D eigenvalue weighted by Gasteiger charge is 2.26. The van der Waals surface area contributed by atoms with Crippen molar-refractivity contribution in [3.05, 3.63) is 94.6 Å². The number of benzene rings is 1. The van der Waals surface area contributed by atoms with Gasteiger partial charge in [-0.3, -0.25) is 0 Å². The molecule has 0 aromatic heterocycles. The summed E-state index contributed by atoms with van der Waals surface area (Å²) in [5.41, 5.74) is 10.4. The van der Waals surface area contributed by atoms with Crippen molar-refractivity contribution in [2.75, 3.05) is 7.11 Å². The van der Waals surface area contributed by atoms with E-state index < -0.39 is 0 Å². The van der Waals surface area contributed by atoms with Gasteiger partial charge in [-0.15, -0.1) is 6.58 Å². The summed E-state index contributed by atoms with van der Waals surface area (Å²) in [7, 11) is 1.79. The predicted molar refractivity (Wildman–Crippen MR) is 206 cm³/mol. The van der Waals surface area contributed by atoms with Crippen LogP contribution in [-0.2, 0) is 10.3 Å². The average Bonchev–Trinajstić information content (AvgIpc) is 2.99. The molecule has 0 amide bonds. The maximum Gasteiger partial charge on any atom is 0.0901 e. The Bertz CT molecular complexity index is 857. The number of aryl methyl sites for hydroxylation is 1. The molecule has 1 rings (SSSR count). The lowest BCUT2D eigenvalue weighted by Gasteiger charge is -2.29. The van der Waals surface area contributed by atoms with Crippen LogP contribution in [0.2, 0.25) is 0 Å². The van der Waals surface area contributed by atoms with E-state index in [1.54, 1.807) is 13.2 Å². The Kier molecular flexibility index (Phi) is 44.8. The Morgan fingerprint density at radius 1 is 0.791 bits per heavy atom. The summed E-state index contributed by atoms with van der Waals surface area (Å²) < 4.78 is 5.65. The summed E-state index contributed by atoms with van der Waals surface area (Å²) in [5.74, 6) is 0.657. The summed E-state index contributed by atoms with van der Waals surface area (Å²) in [5, 5.41) is 0. The molecule has 1 nitrogen and oxygen atoms in total. The lowest BCUT2D eigenvalue weighted by Crippen LogP contribution is -2.25. The fourth-order valence-corrected chi connectivity index (χ4v) is 2.97. The van der Waals surface area contributed by atoms with Gasteiger partial charge in [0.05, 0.1) is 5.60 Å². The second-order valence-electron chi connectivity index (χ2n) is 11.1. The topological polar surface area (TPSA) is 9.23 Å². The quantitative estimate of drug-likeness (QED) is 0.213. The van der Waals surface area contributed by atoms with Crippen LogP contribution in [-0.4, -0.2) is 7.11 Å². The smallest absolute Gasteiger partial charge is 0.0901 e. The van der Waals surface area contributed by atoms with E-state index in [1.807, 2.05) is 41.5 Å². The third kappa shape index (κ3) is 31.1. The number of hydrogen-bond acceptors (Lipinski definition) is 1. The molecule has 0 bridgehead atoms. The van der Waals surface area contributed by atoms with Crippen molar-refractivity contribution in [1.29, 1.82) is 0 Å². The molecule has 0 aliphatic rings. The zero-order chi connectivity index (χ0) is 35.8. The second kappa shape index (κ2) is 36.1. The molecule has 0 saturated carbocycles. The van der Waals surface area contributed by atoms with Crippen LogP contribution in [0.3, 0.4) is 0 Å². The van der Waals surface area contributed by atoms with Crippen molar-refractivity contribution in [3.63, 3.8) is 0 Å². The van der Waals surface area contributed by atoms with E-state index in [-0.39, 0.29) is 5.60 Å². The van der Waals surface area contributed by atoms with E-state index in [9.17, 15) is 0 Å². The third-order valence-electron chi connectivity index (χ3n) is 6.89. The highest BCUT2D eigenvalue weighted by Crippen LogP contribution is 2.31. The minimum absolute atomic E-state index is 0.125. The molecule has 0 fully saturated rings. The summed E-state index contributed by atoms with van der Waals surface area (Å²) in [4.78, 5) is 0. The molecule has 1 unspecified atom stereocenters. The van der Waals surface area contributed by atoms with Crippen LogP contribution in [0.15, 0.2) is 83.5 Å². The van der Waals surface area contributed by atoms with Crippen molar-refractivity contribution in [1.82, 2.24) is 0 Å². The fraction of sp³-hybridized carbons (Fsp3) is 0.619. The molecule has 0 radical (unpaired) electrons. The van der Waals surface area contributed by atoms with Crippen LogP contribution in [0.25, 0.3) is 0 Å². The number of unbranched alkanes of at least 4 members (excludes halogenated alkanes) is 1. The standard InChI is InChI=1S/C13H20O.C12H20.C6H12.C4H10.C3H6.2C2H6/c1-5-10-13(3,14-4)12-9-7-6-8-11(12)2;1-8(2)10(5)12(7)11(6)9(3)4;1-5(2)6(3)4;1-3-4-2;1-3-2;2*1-2/h6-9H,5,10H2,1-4H3;1H2,2-7H3;6H,1H2,2-4H3;3-4H2,1-2H3;3H,1H2,2H3;2*1-2H3/b;12-10+;;;;;. The fourth-order valence-electron chi connectivity index (χ4n) is 2.97. The number of hydrogen-bond donors (Lipinski definition) is 0. The van der Waals surface area contributed by atoms with Crippen molar-refractivity contribution in [2.24, 2.45) is 5.92 Å². The SMILES string of the molecule is C=C(C)/C(C)=C(\C)C(C)=C(C)C.C=C(C)C(C)C.C=CC.CC.CC.CCCC.CCCC(C)(OC)c1ccccc1C. The van der Waals surface area contributed by atoms with E-state index >= 15 is 0 Å². The first kappa shape index (κ1) is 53.4. The summed E-state index contributed by atoms with van der Waals surface area (Å²) >= 11 is 0. The van der Waals surface area contributed by atoms with Gasteiger partial charge in [0.1, 0.15) is 0 Å². The molecule has 0 N–H and O–H groups in total. The number of rotatable bonds is 8. The van der Waals surface area contributed by atoms with Gasteiger partial charge >= 0.3 is 0 Å². The Morgan fingerprint density at radius 3 is 1.40 bits per heavy atom. The lowest BCUT2D eigenvalue weighted by atomic mass is 9.88. The van der Waals surface area contributed by atoms with Gasteiger partial charge in [0.25, 0.3) is 0 Å². The highest BCUT2D eigenvalue weighted by molar-refractivity contribution is 5.41. The van der Waals surface area contributed by atoms with Gasteiger partial charge in [-0.2, -0.15) is 0 Å². The van der Waals surface area contributed by atoms with Gasteiger partial charge in [-0.25, -0.2) is 0 Å². The predicted octanol–water partition coefficient (Wildman–Crippen LogP) is 15.2. The number of allylic oxidation sites excluding steroid dienone is 7. The Balaban J connectivity index is -0.000000106. The van der Waals surface area contributed by atoms with Gasteiger partial charge in [-0.1, -0.05) is 142 Å². The maximum atomic E-state index is 5.65. The van der Waals surface area contributed by atoms with Crippen LogP contribution in [0.4, 0.5) is 0 Å². The molecule has 0 aliphatic heterocycles. The van der Waals surface area contributed by atoms with E-state index in [4.69, 9.17) is 4.74 Å². The Labute approximate surface area is 274 Å². The van der Waals surface area contributed by atoms with E-state index in [2.05, 4.69) is 134 Å². The monoisotopic (exact) mass is 601 g/mol. The van der Waals surface area contributed by atoms with Crippen LogP contribution in [0.5, 0.6) is 0 Å². The molecule has 0 aliphatic carbocycles. The normalized spacial score (nSPS) is 10.9. The first-order chi connectivity index (χ1) is 20.0. The minimum atomic E-state index is -0.125. The number of ether oxygens (including phenoxy) is 1. The molecule has 0 spiro atoms. The van der Waals surface area contributed by atoms with Gasteiger partial charge in [0, 0.05) is 7.11 Å². The molecule has 1 heteroatoms. The van der Waals surface area contributed by atoms with E-state index in [0.717, 1.165) is 18.4 Å². The molecule has 0 heterocycles. The van der Waals surface area contributed by atoms with Crippen LogP contribution in [0.1, 0.15) is 161 Å². The largest absolute Gasteiger partial charge is 0.374 e. The van der Waals surface area contributed by atoms with Crippen molar-refractivity contribution in [3.8, 4) is 0 Å². The van der Waals surface area contributed by atoms with Gasteiger partial charge in [-0.05, 0) is 109 Å². The van der Waals surface area contributed by atoms with Crippen LogP contribution >= 0.6 is 0 Å². The molecule has 1 aromatic rings. The molecular formula is C42H80O.